The third-order valence-corrected chi connectivity index (χ3v) is 34.3. The number of methoxy groups -OCH3 is 2. The fraction of sp³-hybridized carbons (Fsp3) is 0.594. The van der Waals surface area contributed by atoms with Crippen molar-refractivity contribution in [2.75, 3.05) is 14.2 Å². The Kier molecular flexibility index (Phi) is 20.3. The van der Waals surface area contributed by atoms with Gasteiger partial charge < -0.3 is 20.9 Å². The van der Waals surface area contributed by atoms with Crippen molar-refractivity contribution in [3.05, 3.63) is 79.7 Å². The summed E-state index contributed by atoms with van der Waals surface area (Å²) in [5.74, 6) is 9.91. The van der Waals surface area contributed by atoms with Crippen LogP contribution < -0.4 is 11.5 Å². The van der Waals surface area contributed by atoms with Gasteiger partial charge in [0.25, 0.3) is 11.8 Å². The first-order valence-electron chi connectivity index (χ1n) is 29.5. The second-order valence-electron chi connectivity index (χ2n) is 23.8. The van der Waals surface area contributed by atoms with E-state index >= 15 is 0 Å². The molecular weight excluding hydrogens is 1210 g/mol. The van der Waals surface area contributed by atoms with Gasteiger partial charge in [0.1, 0.15) is 20.3 Å². The van der Waals surface area contributed by atoms with Crippen LogP contribution in [-0.4, -0.2) is 100 Å². The van der Waals surface area contributed by atoms with E-state index in [0.29, 0.717) is 11.9 Å². The summed E-state index contributed by atoms with van der Waals surface area (Å²) in [5, 5.41) is 5.78. The van der Waals surface area contributed by atoms with Crippen LogP contribution in [0.1, 0.15) is 180 Å². The molecule has 2 saturated carbocycles. The smallest absolute Gasteiger partial charge is 0.262 e. The SMILES string of the molecule is CC#Cc1csc(-c2ccc3c(c2)C2(N=C(N)N(C(C)C)C2=O)C2(CCC(OC)CC2)C3)n1.CC#[C][Sn]([CH2]CCC)([CH2]CCC)[CH2]CCC.COC1CCC2(CC1)Cc1ccc(-c3nc(Br)cs3)cc1C21N=C(N)N(C(C)C)C1=O. The molecule has 4 spiro atoms. The van der Waals surface area contributed by atoms with Crippen LogP contribution in [0.15, 0.2) is 61.7 Å². The minimum atomic E-state index is -2.02. The minimum Gasteiger partial charge on any atom is -0.381 e. The van der Waals surface area contributed by atoms with E-state index < -0.39 is 29.5 Å². The van der Waals surface area contributed by atoms with Crippen LogP contribution in [0.4, 0.5) is 0 Å². The van der Waals surface area contributed by atoms with Gasteiger partial charge in [0, 0.05) is 59.0 Å². The molecule has 12 nitrogen and oxygen atoms in total. The summed E-state index contributed by atoms with van der Waals surface area (Å²) in [7, 11) is 3.55. The number of halogens is 1. The van der Waals surface area contributed by atoms with Crippen molar-refractivity contribution in [1.82, 2.24) is 19.8 Å². The molecule has 4 heterocycles. The summed E-state index contributed by atoms with van der Waals surface area (Å²) in [6.45, 7) is 18.8. The number of aliphatic imine (C=N–C) groups is 2. The average Bonchev–Trinajstić information content (AvgIpc) is 4.38. The van der Waals surface area contributed by atoms with Crippen LogP contribution in [0.2, 0.25) is 13.3 Å². The zero-order valence-electron chi connectivity index (χ0n) is 49.5. The van der Waals surface area contributed by atoms with Gasteiger partial charge >= 0.3 is 108 Å². The first kappa shape index (κ1) is 62.0. The number of unbranched alkanes of at least 4 members (excludes halogenated alkanes) is 3. The number of guanidine groups is 2. The summed E-state index contributed by atoms with van der Waals surface area (Å²) in [4.78, 5) is 51.0. The molecule has 2 aliphatic heterocycles. The van der Waals surface area contributed by atoms with E-state index in [1.807, 2.05) is 45.4 Å². The molecule has 0 bridgehead atoms. The predicted molar refractivity (Wildman–Crippen MR) is 335 cm³/mol. The van der Waals surface area contributed by atoms with Crippen molar-refractivity contribution in [1.29, 1.82) is 0 Å². The average molecular weight is 1300 g/mol. The van der Waals surface area contributed by atoms with Gasteiger partial charge in [-0.15, -0.1) is 22.7 Å². The van der Waals surface area contributed by atoms with Crippen molar-refractivity contribution in [2.45, 2.75) is 214 Å². The number of fused-ring (bicyclic) bond motifs is 6. The number of amides is 2. The molecule has 4 aromatic rings. The fourth-order valence-corrected chi connectivity index (χ4v) is 29.8. The van der Waals surface area contributed by atoms with Crippen LogP contribution in [0.5, 0.6) is 0 Å². The molecular formula is C64H87BrN8O4S2Sn. The third-order valence-electron chi connectivity index (χ3n) is 18.3. The Hall–Kier alpha value is -4.10. The van der Waals surface area contributed by atoms with Gasteiger partial charge in [-0.1, -0.05) is 30.2 Å². The molecule has 10 rings (SSSR count). The van der Waals surface area contributed by atoms with E-state index in [1.54, 1.807) is 46.7 Å². The third kappa shape index (κ3) is 11.6. The van der Waals surface area contributed by atoms with E-state index in [1.165, 1.54) is 63.0 Å². The molecule has 430 valence electrons. The van der Waals surface area contributed by atoms with E-state index in [9.17, 15) is 9.59 Å². The monoisotopic (exact) mass is 1290 g/mol. The number of carbonyl (C=O) groups excluding carboxylic acids is 2. The topological polar surface area (TPSA) is 162 Å². The van der Waals surface area contributed by atoms with Gasteiger partial charge in [0.2, 0.25) is 0 Å². The van der Waals surface area contributed by atoms with E-state index in [2.05, 4.69) is 112 Å². The summed E-state index contributed by atoms with van der Waals surface area (Å²) >= 11 is 4.59. The van der Waals surface area contributed by atoms with Crippen LogP contribution >= 0.6 is 38.6 Å². The standard InChI is InChI=1S/C26H30N4O2S.C23H27BrN4O2S.3C4H9.C3H3.Sn/c1-5-6-19-15-33-22(28-19)17-7-8-18-14-25(11-9-20(32-4)10-12-25)26(21(18)13-17)23(31)30(16(2)3)24(27)29-26;1-13(2)28-20(29)23(27-21(28)25)17-10-14(19-26-18(24)12-31-19)4-5-15(17)11-22(23)8-6-16(30-3)7-9-22;3*1-3-4-2;1-3-2;/h7-8,13,15-16,20H,9-12,14H2,1-4H3,(H2,27,29);4-5,10,12-13,16H,6-9,11H2,1-3H3,(H2,25,27);3*1,3-4H2,2H3;1H3;. The number of thiazole rings is 2. The second-order valence-corrected chi connectivity index (χ2v) is 38.6. The van der Waals surface area contributed by atoms with E-state index in [0.717, 1.165) is 107 Å². The molecule has 6 aliphatic rings. The maximum Gasteiger partial charge on any atom is 0.262 e. The minimum absolute atomic E-state index is 0.0124. The molecule has 2 fully saturated rings. The fourth-order valence-electron chi connectivity index (χ4n) is 14.3. The normalized spacial score (nSPS) is 25.5. The Morgan fingerprint density at radius 1 is 0.675 bits per heavy atom. The molecule has 0 saturated heterocycles. The van der Waals surface area contributed by atoms with Crippen molar-refractivity contribution in [2.24, 2.45) is 32.3 Å². The maximum atomic E-state index is 14.2. The summed E-state index contributed by atoms with van der Waals surface area (Å²) < 4.78 is 20.4. The zero-order valence-corrected chi connectivity index (χ0v) is 55.6. The molecule has 0 radical (unpaired) electrons. The quantitative estimate of drug-likeness (QED) is 0.0878. The van der Waals surface area contributed by atoms with Crippen LogP contribution in [-0.2, 0) is 43.0 Å². The van der Waals surface area contributed by atoms with Crippen molar-refractivity contribution in [3.8, 4) is 42.8 Å². The number of rotatable bonds is 15. The molecule has 2 atom stereocenters. The number of aromatic nitrogens is 2. The Morgan fingerprint density at radius 2 is 1.10 bits per heavy atom. The van der Waals surface area contributed by atoms with Crippen LogP contribution in [0.25, 0.3) is 21.1 Å². The number of nitrogens with two attached hydrogens (primary N) is 2. The number of benzene rings is 2. The van der Waals surface area contributed by atoms with Crippen LogP contribution in [0.3, 0.4) is 0 Å². The molecule has 2 amide bonds. The van der Waals surface area contributed by atoms with Gasteiger partial charge in [0.05, 0.1) is 12.2 Å². The summed E-state index contributed by atoms with van der Waals surface area (Å²) in [6.07, 6.45) is 17.8. The van der Waals surface area contributed by atoms with Gasteiger partial charge in [-0.3, -0.25) is 19.4 Å². The second kappa shape index (κ2) is 26.2. The summed E-state index contributed by atoms with van der Waals surface area (Å²) in [5.41, 5.74) is 17.5. The molecule has 4 aliphatic carbocycles. The van der Waals surface area contributed by atoms with Gasteiger partial charge in [0.15, 0.2) is 23.0 Å². The van der Waals surface area contributed by atoms with Crippen molar-refractivity contribution in [3.63, 3.8) is 0 Å². The van der Waals surface area contributed by atoms with Crippen molar-refractivity contribution < 1.29 is 19.1 Å². The molecule has 2 unspecified atom stereocenters. The van der Waals surface area contributed by atoms with E-state index in [4.69, 9.17) is 30.9 Å². The Balaban J connectivity index is 0.000000168. The molecule has 4 N–H and O–H groups in total. The molecule has 16 heteroatoms. The number of hydrogen-bond acceptors (Lipinski definition) is 12. The Labute approximate surface area is 498 Å². The van der Waals surface area contributed by atoms with Gasteiger partial charge in [-0.25, -0.2) is 20.0 Å². The maximum absolute atomic E-state index is 14.2. The van der Waals surface area contributed by atoms with E-state index in [-0.39, 0.29) is 46.9 Å². The first-order chi connectivity index (χ1) is 38.4. The van der Waals surface area contributed by atoms with Gasteiger partial charge in [-0.05, 0) is 155 Å². The molecule has 2 aromatic carbocycles. The van der Waals surface area contributed by atoms with Crippen molar-refractivity contribution >= 4 is 80.7 Å². The predicted octanol–water partition coefficient (Wildman–Crippen LogP) is 13.9. The number of nitrogens with zero attached hydrogens (tertiary/aromatic N) is 6. The first-order valence-corrected chi connectivity index (χ1v) is 39.6. The number of carbonyl (C=O) groups is 2. The number of hydrogen-bond donors (Lipinski definition) is 2. The molecule has 2 aromatic heterocycles. The van der Waals surface area contributed by atoms with Crippen LogP contribution in [0, 0.1) is 32.5 Å². The Morgan fingerprint density at radius 3 is 1.45 bits per heavy atom. The number of ether oxygens (including phenoxy) is 2. The Bertz CT molecular complexity index is 3040. The molecule has 80 heavy (non-hydrogen) atoms. The summed E-state index contributed by atoms with van der Waals surface area (Å²) in [6, 6.07) is 12.7. The van der Waals surface area contributed by atoms with Gasteiger partial charge in [-0.2, -0.15) is 0 Å². The zero-order chi connectivity index (χ0) is 57.6. The largest absolute Gasteiger partial charge is 0.381 e.